The van der Waals surface area contributed by atoms with E-state index in [1.54, 1.807) is 36.0 Å². The lowest BCUT2D eigenvalue weighted by Crippen LogP contribution is -2.25. The predicted octanol–water partition coefficient (Wildman–Crippen LogP) is 2.52. The SMILES string of the molecule is CC(=O)c1ccc(-n2cnc3cc(CN4CCCS4(=O)=O)ccc32)nc1-n1nc(C#N)cc1C. The number of carbonyl (C=O) groups is 1. The molecule has 0 radical (unpaired) electrons. The number of pyridine rings is 1. The molecule has 0 bridgehead atoms. The van der Waals surface area contributed by atoms with Gasteiger partial charge in [-0.05, 0) is 56.2 Å². The molecule has 172 valence electrons. The molecule has 0 N–H and O–H groups in total. The number of nitriles is 1. The number of hydrogen-bond acceptors (Lipinski definition) is 7. The second-order valence-electron chi connectivity index (χ2n) is 8.23. The van der Waals surface area contributed by atoms with Gasteiger partial charge in [-0.3, -0.25) is 9.36 Å². The van der Waals surface area contributed by atoms with Crippen LogP contribution in [-0.2, 0) is 16.6 Å². The molecule has 1 aliphatic rings. The first-order valence-electron chi connectivity index (χ1n) is 10.7. The van der Waals surface area contributed by atoms with Crippen LogP contribution in [0.25, 0.3) is 22.7 Å². The van der Waals surface area contributed by atoms with Crippen LogP contribution in [0, 0.1) is 18.3 Å². The Labute approximate surface area is 196 Å². The molecule has 5 rings (SSSR count). The van der Waals surface area contributed by atoms with Gasteiger partial charge >= 0.3 is 0 Å². The third-order valence-corrected chi connectivity index (χ3v) is 7.77. The molecule has 4 heterocycles. The number of aromatic nitrogens is 5. The lowest BCUT2D eigenvalue weighted by atomic mass is 10.1. The van der Waals surface area contributed by atoms with Crippen molar-refractivity contribution in [2.75, 3.05) is 12.3 Å². The van der Waals surface area contributed by atoms with E-state index in [0.717, 1.165) is 11.1 Å². The van der Waals surface area contributed by atoms with Crippen molar-refractivity contribution in [3.05, 3.63) is 65.2 Å². The fourth-order valence-electron chi connectivity index (χ4n) is 4.16. The number of imidazole rings is 1. The molecule has 0 aliphatic carbocycles. The Bertz CT molecular complexity index is 1590. The van der Waals surface area contributed by atoms with Gasteiger partial charge in [-0.1, -0.05) is 6.07 Å². The molecule has 11 heteroatoms. The summed E-state index contributed by atoms with van der Waals surface area (Å²) in [4.78, 5) is 21.4. The zero-order valence-electron chi connectivity index (χ0n) is 18.6. The minimum atomic E-state index is -3.18. The van der Waals surface area contributed by atoms with E-state index in [1.165, 1.54) is 15.9 Å². The van der Waals surface area contributed by atoms with Gasteiger partial charge in [0.1, 0.15) is 18.2 Å². The summed E-state index contributed by atoms with van der Waals surface area (Å²) in [5.41, 5.74) is 3.66. The zero-order valence-corrected chi connectivity index (χ0v) is 19.4. The molecule has 10 nitrogen and oxygen atoms in total. The number of benzene rings is 1. The summed E-state index contributed by atoms with van der Waals surface area (Å²) >= 11 is 0. The number of hydrogen-bond donors (Lipinski definition) is 0. The maximum absolute atomic E-state index is 12.3. The van der Waals surface area contributed by atoms with Crippen LogP contribution in [0.4, 0.5) is 0 Å². The monoisotopic (exact) mass is 475 g/mol. The second-order valence-corrected chi connectivity index (χ2v) is 10.3. The van der Waals surface area contributed by atoms with E-state index in [0.29, 0.717) is 47.9 Å². The van der Waals surface area contributed by atoms with E-state index >= 15 is 0 Å². The van der Waals surface area contributed by atoms with Gasteiger partial charge in [0, 0.05) is 18.8 Å². The Morgan fingerprint density at radius 1 is 1.21 bits per heavy atom. The largest absolute Gasteiger partial charge is 0.294 e. The summed E-state index contributed by atoms with van der Waals surface area (Å²) < 4.78 is 29.1. The minimum Gasteiger partial charge on any atom is -0.294 e. The summed E-state index contributed by atoms with van der Waals surface area (Å²) in [6.07, 6.45) is 2.28. The standard InChI is InChI=1S/C23H21N7O3S/c1-15-10-18(12-24)27-30(15)23-19(16(2)31)5-7-22(26-23)29-14-25-20-11-17(4-6-21(20)29)13-28-8-3-9-34(28,32)33/h4-7,10-11,14H,3,8-9,13H2,1-2H3. The van der Waals surface area contributed by atoms with E-state index in [9.17, 15) is 18.5 Å². The van der Waals surface area contributed by atoms with E-state index < -0.39 is 10.0 Å². The molecule has 1 fully saturated rings. The normalized spacial score (nSPS) is 15.6. The van der Waals surface area contributed by atoms with Gasteiger partial charge in [0.05, 0.1) is 22.3 Å². The maximum atomic E-state index is 12.3. The molecule has 0 saturated carbocycles. The molecule has 0 atom stereocenters. The van der Waals surface area contributed by atoms with Gasteiger partial charge in [-0.25, -0.2) is 23.1 Å². The van der Waals surface area contributed by atoms with Crippen LogP contribution < -0.4 is 0 Å². The van der Waals surface area contributed by atoms with Crippen LogP contribution in [-0.4, -0.2) is 55.1 Å². The van der Waals surface area contributed by atoms with Crippen molar-refractivity contribution in [3.8, 4) is 17.7 Å². The summed E-state index contributed by atoms with van der Waals surface area (Å²) in [5, 5.41) is 13.5. The van der Waals surface area contributed by atoms with Crippen LogP contribution >= 0.6 is 0 Å². The van der Waals surface area contributed by atoms with Crippen LogP contribution in [0.15, 0.2) is 42.7 Å². The lowest BCUT2D eigenvalue weighted by molar-refractivity contribution is 0.101. The number of Topliss-reactive ketones (excluding diaryl/α,β-unsaturated/α-hetero) is 1. The Morgan fingerprint density at radius 2 is 2.03 bits per heavy atom. The highest BCUT2D eigenvalue weighted by molar-refractivity contribution is 7.89. The first-order chi connectivity index (χ1) is 16.3. The van der Waals surface area contributed by atoms with Crippen molar-refractivity contribution in [1.29, 1.82) is 5.26 Å². The minimum absolute atomic E-state index is 0.167. The molecule has 0 unspecified atom stereocenters. The number of nitrogens with zero attached hydrogens (tertiary/aromatic N) is 7. The quantitative estimate of drug-likeness (QED) is 0.406. The Kier molecular flexibility index (Phi) is 5.27. The molecule has 0 amide bonds. The first-order valence-corrected chi connectivity index (χ1v) is 12.3. The average Bonchev–Trinajstić information content (AvgIpc) is 3.49. The van der Waals surface area contributed by atoms with Crippen LogP contribution in [0.5, 0.6) is 0 Å². The van der Waals surface area contributed by atoms with Crippen molar-refractivity contribution in [3.63, 3.8) is 0 Å². The van der Waals surface area contributed by atoms with Crippen LogP contribution in [0.2, 0.25) is 0 Å². The third kappa shape index (κ3) is 3.76. The average molecular weight is 476 g/mol. The van der Waals surface area contributed by atoms with Crippen molar-refractivity contribution < 1.29 is 13.2 Å². The summed E-state index contributed by atoms with van der Waals surface area (Å²) in [6, 6.07) is 12.7. The molecule has 3 aromatic heterocycles. The van der Waals surface area contributed by atoms with Crippen molar-refractivity contribution >= 4 is 26.8 Å². The number of rotatable bonds is 5. The topological polar surface area (TPSA) is 127 Å². The van der Waals surface area contributed by atoms with Crippen LogP contribution in [0.1, 0.15) is 40.7 Å². The highest BCUT2D eigenvalue weighted by Crippen LogP contribution is 2.24. The number of ketones is 1. The molecule has 0 spiro atoms. The number of fused-ring (bicyclic) bond motifs is 1. The van der Waals surface area contributed by atoms with E-state index in [2.05, 4.69) is 10.1 Å². The van der Waals surface area contributed by atoms with Crippen molar-refractivity contribution in [1.82, 2.24) is 28.6 Å². The maximum Gasteiger partial charge on any atom is 0.214 e. The van der Waals surface area contributed by atoms with E-state index in [1.807, 2.05) is 24.3 Å². The third-order valence-electron chi connectivity index (χ3n) is 5.86. The summed E-state index contributed by atoms with van der Waals surface area (Å²) in [7, 11) is -3.18. The van der Waals surface area contributed by atoms with Gasteiger partial charge in [0.15, 0.2) is 17.3 Å². The zero-order chi connectivity index (χ0) is 24.0. The van der Waals surface area contributed by atoms with Gasteiger partial charge < -0.3 is 0 Å². The summed E-state index contributed by atoms with van der Waals surface area (Å²) in [6.45, 7) is 4.10. The van der Waals surface area contributed by atoms with E-state index in [-0.39, 0.29) is 17.2 Å². The summed E-state index contributed by atoms with van der Waals surface area (Å²) in [5.74, 6) is 0.895. The Balaban J connectivity index is 1.55. The highest BCUT2D eigenvalue weighted by atomic mass is 32.2. The van der Waals surface area contributed by atoms with Gasteiger partial charge in [0.25, 0.3) is 0 Å². The molecular formula is C23H21N7O3S. The Hall–Kier alpha value is -3.88. The van der Waals surface area contributed by atoms with Gasteiger partial charge in [-0.15, -0.1) is 0 Å². The smallest absolute Gasteiger partial charge is 0.214 e. The molecule has 4 aromatic rings. The fourth-order valence-corrected chi connectivity index (χ4v) is 5.67. The van der Waals surface area contributed by atoms with Crippen LogP contribution in [0.3, 0.4) is 0 Å². The number of sulfonamides is 1. The number of carbonyl (C=O) groups excluding carboxylic acids is 1. The van der Waals surface area contributed by atoms with E-state index in [4.69, 9.17) is 4.98 Å². The van der Waals surface area contributed by atoms with Gasteiger partial charge in [-0.2, -0.15) is 14.7 Å². The lowest BCUT2D eigenvalue weighted by Gasteiger charge is -2.14. The number of aryl methyl sites for hydroxylation is 1. The fraction of sp³-hybridized carbons (Fsp3) is 0.261. The first kappa shape index (κ1) is 21.9. The highest BCUT2D eigenvalue weighted by Gasteiger charge is 2.28. The molecule has 1 aromatic carbocycles. The molecule has 34 heavy (non-hydrogen) atoms. The predicted molar refractivity (Wildman–Crippen MR) is 124 cm³/mol. The molecule has 1 saturated heterocycles. The second kappa shape index (κ2) is 8.16. The van der Waals surface area contributed by atoms with Gasteiger partial charge in [0.2, 0.25) is 10.0 Å². The molecule has 1 aliphatic heterocycles. The van der Waals surface area contributed by atoms with Crippen molar-refractivity contribution in [2.24, 2.45) is 0 Å². The molecular weight excluding hydrogens is 454 g/mol. The van der Waals surface area contributed by atoms with Crippen molar-refractivity contribution in [2.45, 2.75) is 26.8 Å². The Morgan fingerprint density at radius 3 is 2.71 bits per heavy atom.